The van der Waals surface area contributed by atoms with Crippen LogP contribution < -0.4 is 4.74 Å². The van der Waals surface area contributed by atoms with Gasteiger partial charge >= 0.3 is 5.97 Å². The topological polar surface area (TPSA) is 48.4 Å². The van der Waals surface area contributed by atoms with Gasteiger partial charge in [0.2, 0.25) is 5.88 Å². The summed E-state index contributed by atoms with van der Waals surface area (Å²) in [6, 6.07) is 3.21. The predicted molar refractivity (Wildman–Crippen MR) is 81.6 cm³/mol. The summed E-state index contributed by atoms with van der Waals surface area (Å²) < 4.78 is 35.2. The van der Waals surface area contributed by atoms with Crippen LogP contribution in [-0.2, 0) is 4.74 Å². The summed E-state index contributed by atoms with van der Waals surface area (Å²) in [7, 11) is 0. The van der Waals surface area contributed by atoms with Gasteiger partial charge in [-0.1, -0.05) is 6.42 Å². The number of esters is 1. The van der Waals surface area contributed by atoms with Gasteiger partial charge < -0.3 is 9.47 Å². The van der Waals surface area contributed by atoms with Crippen LogP contribution in [0.15, 0.2) is 30.0 Å². The predicted octanol–water partition coefficient (Wildman–Crippen LogP) is 4.51. The van der Waals surface area contributed by atoms with Gasteiger partial charge in [0.05, 0.1) is 12.2 Å². The van der Waals surface area contributed by atoms with E-state index in [1.54, 1.807) is 12.1 Å². The van der Waals surface area contributed by atoms with Gasteiger partial charge in [-0.05, 0) is 44.2 Å². The van der Waals surface area contributed by atoms with E-state index in [0.717, 1.165) is 12.8 Å². The summed E-state index contributed by atoms with van der Waals surface area (Å²) in [6.45, 7) is 1.23. The average Bonchev–Trinajstić information content (AvgIpc) is 2.56. The van der Waals surface area contributed by atoms with E-state index in [4.69, 9.17) is 9.47 Å². The third kappa shape index (κ3) is 5.62. The zero-order chi connectivity index (χ0) is 16.7. The molecule has 0 saturated heterocycles. The van der Waals surface area contributed by atoms with Crippen molar-refractivity contribution in [3.8, 4) is 5.88 Å². The molecular weight excluding hydrogens is 304 g/mol. The van der Waals surface area contributed by atoms with Gasteiger partial charge in [0.1, 0.15) is 6.10 Å². The highest BCUT2D eigenvalue weighted by molar-refractivity contribution is 5.89. The lowest BCUT2D eigenvalue weighted by molar-refractivity contribution is 0.0507. The van der Waals surface area contributed by atoms with Crippen molar-refractivity contribution in [3.05, 3.63) is 35.5 Å². The zero-order valence-electron chi connectivity index (χ0n) is 13.2. The van der Waals surface area contributed by atoms with Crippen LogP contribution >= 0.6 is 0 Å². The third-order valence-corrected chi connectivity index (χ3v) is 3.84. The van der Waals surface area contributed by atoms with E-state index in [-0.39, 0.29) is 30.3 Å². The molecule has 0 atom stereocenters. The first-order chi connectivity index (χ1) is 11.1. The minimum atomic E-state index is -1.73. The van der Waals surface area contributed by atoms with Gasteiger partial charge in [0, 0.05) is 18.7 Å². The summed E-state index contributed by atoms with van der Waals surface area (Å²) in [5.41, 5.74) is 0.204. The van der Waals surface area contributed by atoms with Crippen LogP contribution in [0.1, 0.15) is 55.8 Å². The lowest BCUT2D eigenvalue weighted by Crippen LogP contribution is -2.20. The minimum Gasteiger partial charge on any atom is -0.474 e. The molecule has 2 rings (SSSR count). The normalized spacial score (nSPS) is 15.1. The maximum absolute atomic E-state index is 12.2. The lowest BCUT2D eigenvalue weighted by atomic mass is 9.98. The molecule has 0 spiro atoms. The monoisotopic (exact) mass is 325 g/mol. The molecule has 0 aliphatic heterocycles. The second kappa shape index (κ2) is 8.60. The molecule has 0 unspecified atom stereocenters. The van der Waals surface area contributed by atoms with Gasteiger partial charge in [0.15, 0.2) is 0 Å². The summed E-state index contributed by atoms with van der Waals surface area (Å²) >= 11 is 0. The molecule has 126 valence electrons. The molecule has 1 aromatic heterocycles. The second-order valence-corrected chi connectivity index (χ2v) is 5.69. The largest absolute Gasteiger partial charge is 0.474 e. The second-order valence-electron chi connectivity index (χ2n) is 5.69. The van der Waals surface area contributed by atoms with Crippen LogP contribution in [0.5, 0.6) is 5.88 Å². The molecule has 4 nitrogen and oxygen atoms in total. The SMILES string of the molecule is CC(CCOC(=O)c1ccc(OC2CCCCC2)nc1)=C(F)F. The minimum absolute atomic E-state index is 0.0182. The van der Waals surface area contributed by atoms with Gasteiger partial charge in [-0.15, -0.1) is 0 Å². The Morgan fingerprint density at radius 2 is 2.00 bits per heavy atom. The standard InChI is InChI=1S/C17H21F2NO3/c1-12(16(18)19)9-10-22-17(21)13-7-8-15(20-11-13)23-14-5-3-2-4-6-14/h7-8,11,14H,2-6,9-10H2,1H3. The van der Waals surface area contributed by atoms with Crippen molar-refractivity contribution >= 4 is 5.97 Å². The van der Waals surface area contributed by atoms with E-state index in [1.807, 2.05) is 0 Å². The lowest BCUT2D eigenvalue weighted by Gasteiger charge is -2.22. The quantitative estimate of drug-likeness (QED) is 0.722. The number of carbonyl (C=O) groups excluding carboxylic acids is 1. The van der Waals surface area contributed by atoms with Gasteiger partial charge in [-0.2, -0.15) is 8.78 Å². The van der Waals surface area contributed by atoms with Crippen LogP contribution in [0.2, 0.25) is 0 Å². The Hall–Kier alpha value is -1.98. The Morgan fingerprint density at radius 1 is 1.26 bits per heavy atom. The Labute approximate surface area is 134 Å². The fraction of sp³-hybridized carbons (Fsp3) is 0.529. The Morgan fingerprint density at radius 3 is 2.61 bits per heavy atom. The highest BCUT2D eigenvalue weighted by Crippen LogP contribution is 2.22. The number of ether oxygens (including phenoxy) is 2. The van der Waals surface area contributed by atoms with E-state index in [9.17, 15) is 13.6 Å². The molecule has 6 heteroatoms. The molecule has 0 bridgehead atoms. The number of nitrogens with zero attached hydrogens (tertiary/aromatic N) is 1. The summed E-state index contributed by atoms with van der Waals surface area (Å²) in [5.74, 6) is -0.0829. The molecule has 23 heavy (non-hydrogen) atoms. The van der Waals surface area contributed by atoms with Crippen molar-refractivity contribution in [2.45, 2.75) is 51.6 Å². The van der Waals surface area contributed by atoms with Crippen LogP contribution in [-0.4, -0.2) is 23.7 Å². The van der Waals surface area contributed by atoms with Gasteiger partial charge in [0.25, 0.3) is 6.08 Å². The maximum atomic E-state index is 12.2. The number of rotatable bonds is 6. The summed E-state index contributed by atoms with van der Waals surface area (Å²) in [4.78, 5) is 15.9. The number of pyridine rings is 1. The van der Waals surface area contributed by atoms with E-state index in [2.05, 4.69) is 4.98 Å². The van der Waals surface area contributed by atoms with Crippen molar-refractivity contribution in [3.63, 3.8) is 0 Å². The highest BCUT2D eigenvalue weighted by Gasteiger charge is 2.16. The van der Waals surface area contributed by atoms with E-state index < -0.39 is 12.0 Å². The first-order valence-electron chi connectivity index (χ1n) is 7.87. The van der Waals surface area contributed by atoms with Crippen molar-refractivity contribution in [1.82, 2.24) is 4.98 Å². The highest BCUT2D eigenvalue weighted by atomic mass is 19.3. The zero-order valence-corrected chi connectivity index (χ0v) is 13.2. The number of aromatic nitrogens is 1. The van der Waals surface area contributed by atoms with Crippen molar-refractivity contribution in [2.24, 2.45) is 0 Å². The molecule has 0 radical (unpaired) electrons. The van der Waals surface area contributed by atoms with E-state index in [0.29, 0.717) is 5.88 Å². The summed E-state index contributed by atoms with van der Waals surface area (Å²) in [5, 5.41) is 0. The van der Waals surface area contributed by atoms with Crippen molar-refractivity contribution in [1.29, 1.82) is 0 Å². The molecule has 1 heterocycles. The molecule has 0 N–H and O–H groups in total. The number of carbonyl (C=O) groups is 1. The van der Waals surface area contributed by atoms with Crippen LogP contribution in [0, 0.1) is 0 Å². The molecule has 1 aliphatic rings. The fourth-order valence-corrected chi connectivity index (χ4v) is 2.40. The van der Waals surface area contributed by atoms with Crippen molar-refractivity contribution in [2.75, 3.05) is 6.61 Å². The van der Waals surface area contributed by atoms with Crippen LogP contribution in [0.3, 0.4) is 0 Å². The molecule has 1 saturated carbocycles. The molecule has 1 aromatic rings. The Bertz CT molecular complexity index is 547. The molecule has 1 fully saturated rings. The number of hydrogen-bond acceptors (Lipinski definition) is 4. The molecular formula is C17H21F2NO3. The van der Waals surface area contributed by atoms with Gasteiger partial charge in [-0.3, -0.25) is 0 Å². The number of hydrogen-bond donors (Lipinski definition) is 0. The third-order valence-electron chi connectivity index (χ3n) is 3.84. The van der Waals surface area contributed by atoms with Gasteiger partial charge in [-0.25, -0.2) is 9.78 Å². The van der Waals surface area contributed by atoms with Crippen LogP contribution in [0.4, 0.5) is 8.78 Å². The average molecular weight is 325 g/mol. The molecule has 1 aliphatic carbocycles. The maximum Gasteiger partial charge on any atom is 0.339 e. The van der Waals surface area contributed by atoms with Crippen LogP contribution in [0.25, 0.3) is 0 Å². The Balaban J connectivity index is 1.81. The van der Waals surface area contributed by atoms with E-state index >= 15 is 0 Å². The van der Waals surface area contributed by atoms with E-state index in [1.165, 1.54) is 32.4 Å². The first kappa shape index (κ1) is 17.4. The summed E-state index contributed by atoms with van der Waals surface area (Å²) in [6.07, 6.45) is 5.52. The van der Waals surface area contributed by atoms with Crippen molar-refractivity contribution < 1.29 is 23.0 Å². The first-order valence-corrected chi connectivity index (χ1v) is 7.87. The Kier molecular flexibility index (Phi) is 6.50. The molecule has 0 aromatic carbocycles. The number of halogens is 2. The molecule has 0 amide bonds. The fourth-order valence-electron chi connectivity index (χ4n) is 2.40. The smallest absolute Gasteiger partial charge is 0.339 e.